The highest BCUT2D eigenvalue weighted by Crippen LogP contribution is 2.48. The molecule has 0 radical (unpaired) electrons. The van der Waals surface area contributed by atoms with Crippen LogP contribution < -0.4 is 0 Å². The first-order valence-electron chi connectivity index (χ1n) is 25.8. The summed E-state index contributed by atoms with van der Waals surface area (Å²) in [6.45, 7) is 25.0. The molecular formula is C67H58N6O. The molecule has 7 nitrogen and oxygen atoms in total. The molecule has 0 N–H and O–H groups in total. The van der Waals surface area contributed by atoms with E-state index < -0.39 is 5.41 Å². The first-order valence-corrected chi connectivity index (χ1v) is 25.8. The number of nitriles is 1. The average molecular weight is 963 g/mol. The first-order chi connectivity index (χ1) is 35.3. The molecule has 0 atom stereocenters. The van der Waals surface area contributed by atoms with Crippen molar-refractivity contribution in [1.29, 1.82) is 5.26 Å². The van der Waals surface area contributed by atoms with Gasteiger partial charge in [0.25, 0.3) is 0 Å². The summed E-state index contributed by atoms with van der Waals surface area (Å²) in [5.41, 5.74) is 15.4. The largest absolute Gasteiger partial charge is 0.453 e. The van der Waals surface area contributed by atoms with Crippen LogP contribution in [-0.2, 0) is 21.7 Å². The SMILES string of the molecule is CC(C)(C)c1ccc2c(c1)c1cc(C(C)(C)C)ccc1n2-c1cc2c3oc4c(cccc4c3c1C#N)-c1nc(-c3ccccc3)nc(n1)-c1cccc(c1)C(C)(C)c1ccc3c(c1)c1cc(C(C)(C)C)ccc1n3-2. The predicted molar refractivity (Wildman–Crippen MR) is 305 cm³/mol. The highest BCUT2D eigenvalue weighted by molar-refractivity contribution is 6.18. The minimum atomic E-state index is -0.418. The van der Waals surface area contributed by atoms with E-state index in [1.54, 1.807) is 0 Å². The van der Waals surface area contributed by atoms with Crippen molar-refractivity contribution in [3.63, 3.8) is 0 Å². The van der Waals surface area contributed by atoms with Gasteiger partial charge in [-0.15, -0.1) is 0 Å². The minimum Gasteiger partial charge on any atom is -0.453 e. The van der Waals surface area contributed by atoms with Gasteiger partial charge in [0.1, 0.15) is 11.7 Å². The topological polar surface area (TPSA) is 85.5 Å². The van der Waals surface area contributed by atoms with Crippen LogP contribution in [0.3, 0.4) is 0 Å². The van der Waals surface area contributed by atoms with Gasteiger partial charge in [-0.1, -0.05) is 161 Å². The number of para-hydroxylation sites is 1. The summed E-state index contributed by atoms with van der Waals surface area (Å²) in [6.07, 6.45) is 0. The van der Waals surface area contributed by atoms with E-state index in [2.05, 4.69) is 201 Å². The smallest absolute Gasteiger partial charge is 0.167 e. The molecule has 0 amide bonds. The zero-order chi connectivity index (χ0) is 51.4. The zero-order valence-electron chi connectivity index (χ0n) is 44.0. The van der Waals surface area contributed by atoms with E-state index in [4.69, 9.17) is 19.4 Å². The van der Waals surface area contributed by atoms with Crippen LogP contribution in [0.15, 0.2) is 156 Å². The predicted octanol–water partition coefficient (Wildman–Crippen LogP) is 17.4. The first kappa shape index (κ1) is 45.5. The number of aromatic nitrogens is 5. The van der Waals surface area contributed by atoms with E-state index in [1.165, 1.54) is 22.3 Å². The Morgan fingerprint density at radius 1 is 0.446 bits per heavy atom. The molecule has 0 aliphatic carbocycles. The average Bonchev–Trinajstić information content (AvgIpc) is 4.05. The van der Waals surface area contributed by atoms with Crippen molar-refractivity contribution < 1.29 is 4.42 Å². The molecule has 7 heteroatoms. The molecule has 362 valence electrons. The van der Waals surface area contributed by atoms with Gasteiger partial charge in [-0.25, -0.2) is 15.0 Å². The van der Waals surface area contributed by atoms with E-state index in [0.717, 1.165) is 82.4 Å². The number of furan rings is 1. The van der Waals surface area contributed by atoms with E-state index in [9.17, 15) is 5.26 Å². The van der Waals surface area contributed by atoms with Crippen molar-refractivity contribution >= 4 is 65.6 Å². The highest BCUT2D eigenvalue weighted by Gasteiger charge is 2.31. The Morgan fingerprint density at radius 3 is 1.50 bits per heavy atom. The van der Waals surface area contributed by atoms with Gasteiger partial charge < -0.3 is 13.6 Å². The third-order valence-electron chi connectivity index (χ3n) is 15.9. The van der Waals surface area contributed by atoms with Crippen molar-refractivity contribution in [3.05, 3.63) is 185 Å². The highest BCUT2D eigenvalue weighted by atomic mass is 16.3. The summed E-state index contributed by atoms with van der Waals surface area (Å²) in [6, 6.07) is 57.5. The number of nitrogens with zero attached hydrogens (tertiary/aromatic N) is 6. The fraction of sp³-hybridized carbons (Fsp3) is 0.224. The molecular weight excluding hydrogens is 905 g/mol. The Hall–Kier alpha value is -8.34. The fourth-order valence-corrected chi connectivity index (χ4v) is 11.5. The second kappa shape index (κ2) is 15.6. The molecule has 0 fully saturated rings. The third-order valence-corrected chi connectivity index (χ3v) is 15.9. The van der Waals surface area contributed by atoms with Crippen LogP contribution >= 0.6 is 0 Å². The van der Waals surface area contributed by atoms with E-state index in [-0.39, 0.29) is 16.2 Å². The molecule has 10 bridgehead atoms. The van der Waals surface area contributed by atoms with Gasteiger partial charge in [-0.05, 0) is 111 Å². The second-order valence-corrected chi connectivity index (χ2v) is 24.1. The van der Waals surface area contributed by atoms with Gasteiger partial charge in [0.2, 0.25) is 0 Å². The summed E-state index contributed by atoms with van der Waals surface area (Å²) >= 11 is 0. The van der Waals surface area contributed by atoms with Crippen LogP contribution in [-0.4, -0.2) is 24.1 Å². The van der Waals surface area contributed by atoms with Crippen LogP contribution in [0.1, 0.15) is 110 Å². The van der Waals surface area contributed by atoms with Gasteiger partial charge in [-0.3, -0.25) is 0 Å². The summed E-state index contributed by atoms with van der Waals surface area (Å²) in [4.78, 5) is 15.7. The van der Waals surface area contributed by atoms with Crippen molar-refractivity contribution in [1.82, 2.24) is 24.1 Å². The standard InChI is InChI=1S/C67H58N6O/c1-64(2,3)40-23-27-52-47(32-40)48-33-41(65(4,5)6)24-28-53(48)72(52)56-36-57-60-58(51(56)37-68)45-21-16-22-46(59(45)74-60)63-70-61(38-17-13-12-14-18-38)69-62(71-63)39-19-15-20-43(31-39)67(10,11)44-26-30-55-50(35-44)49-34-42(66(7,8)9)25-29-54(49)73(55)57/h12-36H,1-11H3. The van der Waals surface area contributed by atoms with Crippen LogP contribution in [0.4, 0.5) is 0 Å². The van der Waals surface area contributed by atoms with Gasteiger partial charge in [0.15, 0.2) is 23.1 Å². The van der Waals surface area contributed by atoms with Crippen molar-refractivity contribution in [2.24, 2.45) is 0 Å². The lowest BCUT2D eigenvalue weighted by Crippen LogP contribution is -2.19. The molecule has 0 spiro atoms. The Labute approximate surface area is 431 Å². The maximum Gasteiger partial charge on any atom is 0.167 e. The summed E-state index contributed by atoms with van der Waals surface area (Å²) < 4.78 is 12.1. The number of hydrogen-bond donors (Lipinski definition) is 0. The number of hydrogen-bond acceptors (Lipinski definition) is 5. The lowest BCUT2D eigenvalue weighted by molar-refractivity contribution is 0.590. The summed E-state index contributed by atoms with van der Waals surface area (Å²) in [7, 11) is 0. The van der Waals surface area contributed by atoms with Crippen LogP contribution in [0.2, 0.25) is 0 Å². The van der Waals surface area contributed by atoms with Crippen LogP contribution in [0, 0.1) is 11.3 Å². The molecule has 0 saturated carbocycles. The molecule has 8 aromatic carbocycles. The van der Waals surface area contributed by atoms with Crippen molar-refractivity contribution in [2.45, 2.75) is 97.8 Å². The quantitative estimate of drug-likeness (QED) is 0.172. The number of rotatable bonds is 2. The van der Waals surface area contributed by atoms with Gasteiger partial charge >= 0.3 is 0 Å². The van der Waals surface area contributed by atoms with Crippen LogP contribution in [0.25, 0.3) is 111 Å². The van der Waals surface area contributed by atoms with Gasteiger partial charge in [0, 0.05) is 43.5 Å². The molecule has 4 aromatic heterocycles. The molecule has 12 aromatic rings. The van der Waals surface area contributed by atoms with Crippen LogP contribution in [0.5, 0.6) is 0 Å². The van der Waals surface area contributed by atoms with E-state index >= 15 is 0 Å². The minimum absolute atomic E-state index is 0.0802. The lowest BCUT2D eigenvalue weighted by Gasteiger charge is -2.27. The number of fused-ring (bicyclic) bond motifs is 6. The molecule has 74 heavy (non-hydrogen) atoms. The van der Waals surface area contributed by atoms with Crippen molar-refractivity contribution in [2.75, 3.05) is 0 Å². The molecule has 0 saturated heterocycles. The maximum atomic E-state index is 11.9. The third kappa shape index (κ3) is 6.80. The molecule has 2 aliphatic heterocycles. The van der Waals surface area contributed by atoms with E-state index in [1.807, 2.05) is 42.5 Å². The Bertz CT molecular complexity index is 4330. The van der Waals surface area contributed by atoms with E-state index in [0.29, 0.717) is 39.8 Å². The zero-order valence-corrected chi connectivity index (χ0v) is 44.0. The summed E-state index contributed by atoms with van der Waals surface area (Å²) in [5, 5.41) is 18.0. The Balaban J connectivity index is 1.24. The van der Waals surface area contributed by atoms with Gasteiger partial charge in [-0.2, -0.15) is 5.26 Å². The van der Waals surface area contributed by atoms with Gasteiger partial charge in [0.05, 0.1) is 50.0 Å². The Kier molecular flexibility index (Phi) is 9.59. The maximum absolute atomic E-state index is 11.9. The Morgan fingerprint density at radius 2 is 0.932 bits per heavy atom. The van der Waals surface area contributed by atoms with Crippen molar-refractivity contribution in [3.8, 4) is 51.6 Å². The monoisotopic (exact) mass is 962 g/mol. The molecule has 6 heterocycles. The fourth-order valence-electron chi connectivity index (χ4n) is 11.5. The number of benzene rings is 8. The molecule has 2 aliphatic rings. The molecule has 0 unspecified atom stereocenters. The lowest BCUT2D eigenvalue weighted by atomic mass is 9.77. The normalized spacial score (nSPS) is 13.7. The second-order valence-electron chi connectivity index (χ2n) is 24.1. The summed E-state index contributed by atoms with van der Waals surface area (Å²) in [5.74, 6) is 1.60. The molecule has 14 rings (SSSR count).